The van der Waals surface area contributed by atoms with E-state index in [1.807, 2.05) is 6.92 Å². The van der Waals surface area contributed by atoms with Crippen molar-refractivity contribution in [1.29, 1.82) is 0 Å². The second-order valence-electron chi connectivity index (χ2n) is 4.09. The summed E-state index contributed by atoms with van der Waals surface area (Å²) >= 11 is 0. The third-order valence-corrected chi connectivity index (χ3v) is 2.73. The van der Waals surface area contributed by atoms with Gasteiger partial charge in [-0.1, -0.05) is 24.8 Å². The Morgan fingerprint density at radius 1 is 1.57 bits per heavy atom. The number of nitrogens with one attached hydrogen (secondary N) is 1. The lowest BCUT2D eigenvalue weighted by atomic mass is 9.83. The van der Waals surface area contributed by atoms with Gasteiger partial charge in [-0.2, -0.15) is 0 Å². The lowest BCUT2D eigenvalue weighted by Crippen LogP contribution is -2.22. The molecule has 1 rings (SSSR count). The quantitative estimate of drug-likeness (QED) is 0.504. The van der Waals surface area contributed by atoms with E-state index in [-0.39, 0.29) is 0 Å². The van der Waals surface area contributed by atoms with E-state index in [1.165, 1.54) is 31.8 Å². The van der Waals surface area contributed by atoms with Crippen molar-refractivity contribution in [2.45, 2.75) is 32.6 Å². The normalized spacial score (nSPS) is 17.9. The molecule has 0 aromatic heterocycles. The maximum atomic E-state index is 10.3. The first-order chi connectivity index (χ1) is 6.68. The molecule has 0 aromatic rings. The second kappa shape index (κ2) is 5.81. The molecular weight excluding hydrogens is 178 g/mol. The van der Waals surface area contributed by atoms with Crippen molar-refractivity contribution in [3.05, 3.63) is 11.6 Å². The summed E-state index contributed by atoms with van der Waals surface area (Å²) in [6.45, 7) is 3.54. The molecule has 0 radical (unpaired) electrons. The van der Waals surface area contributed by atoms with Gasteiger partial charge in [-0.3, -0.25) is 0 Å². The third-order valence-electron chi connectivity index (χ3n) is 2.73. The van der Waals surface area contributed by atoms with Gasteiger partial charge in [-0.15, -0.1) is 0 Å². The van der Waals surface area contributed by atoms with Crippen LogP contribution < -0.4 is 5.32 Å². The number of hydrogen-bond donors (Lipinski definition) is 2. The van der Waals surface area contributed by atoms with Crippen molar-refractivity contribution in [2.75, 3.05) is 13.1 Å². The molecule has 0 bridgehead atoms. The van der Waals surface area contributed by atoms with Crippen molar-refractivity contribution in [1.82, 2.24) is 5.32 Å². The van der Waals surface area contributed by atoms with Crippen LogP contribution in [-0.2, 0) is 4.79 Å². The highest BCUT2D eigenvalue weighted by atomic mass is 16.4. The summed E-state index contributed by atoms with van der Waals surface area (Å²) in [7, 11) is 0. The topological polar surface area (TPSA) is 49.3 Å². The van der Waals surface area contributed by atoms with Crippen molar-refractivity contribution in [2.24, 2.45) is 5.92 Å². The molecule has 0 heterocycles. The van der Waals surface area contributed by atoms with Crippen molar-refractivity contribution in [3.63, 3.8) is 0 Å². The van der Waals surface area contributed by atoms with Crippen LogP contribution in [0.15, 0.2) is 11.6 Å². The van der Waals surface area contributed by atoms with E-state index in [0.29, 0.717) is 6.54 Å². The fourth-order valence-corrected chi connectivity index (χ4v) is 1.64. The molecule has 3 nitrogen and oxygen atoms in total. The Morgan fingerprint density at radius 3 is 2.79 bits per heavy atom. The Labute approximate surface area is 85.2 Å². The summed E-state index contributed by atoms with van der Waals surface area (Å²) in [5.41, 5.74) is 0.881. The zero-order valence-electron chi connectivity index (χ0n) is 8.75. The fraction of sp³-hybridized carbons (Fsp3) is 0.727. The first kappa shape index (κ1) is 11.2. The van der Waals surface area contributed by atoms with E-state index in [2.05, 4.69) is 5.32 Å². The Hall–Kier alpha value is -0.830. The summed E-state index contributed by atoms with van der Waals surface area (Å²) < 4.78 is 0. The summed E-state index contributed by atoms with van der Waals surface area (Å²) in [6.07, 6.45) is 6.65. The lowest BCUT2D eigenvalue weighted by Gasteiger charge is -2.25. The molecule has 1 aliphatic carbocycles. The van der Waals surface area contributed by atoms with Gasteiger partial charge < -0.3 is 10.4 Å². The van der Waals surface area contributed by atoms with Crippen LogP contribution in [0.1, 0.15) is 32.6 Å². The Balaban J connectivity index is 1.99. The third kappa shape index (κ3) is 4.42. The van der Waals surface area contributed by atoms with Gasteiger partial charge in [0.15, 0.2) is 0 Å². The van der Waals surface area contributed by atoms with Crippen LogP contribution in [-0.4, -0.2) is 24.2 Å². The Morgan fingerprint density at radius 2 is 2.29 bits per heavy atom. The Kier molecular flexibility index (Phi) is 4.66. The SMILES string of the molecule is CC(=CC(=O)O)CNCCC1CCC1. The van der Waals surface area contributed by atoms with E-state index < -0.39 is 5.97 Å². The van der Waals surface area contributed by atoms with E-state index in [0.717, 1.165) is 18.0 Å². The minimum Gasteiger partial charge on any atom is -0.478 e. The summed E-state index contributed by atoms with van der Waals surface area (Å²) in [5, 5.41) is 11.7. The highest BCUT2D eigenvalue weighted by Gasteiger charge is 2.15. The minimum atomic E-state index is -0.858. The van der Waals surface area contributed by atoms with Gasteiger partial charge in [-0.25, -0.2) is 4.79 Å². The van der Waals surface area contributed by atoms with E-state index in [9.17, 15) is 4.79 Å². The van der Waals surface area contributed by atoms with Crippen LogP contribution in [0.4, 0.5) is 0 Å². The van der Waals surface area contributed by atoms with Gasteiger partial charge >= 0.3 is 5.97 Å². The molecule has 1 fully saturated rings. The molecule has 1 aliphatic rings. The van der Waals surface area contributed by atoms with Gasteiger partial charge in [0, 0.05) is 12.6 Å². The van der Waals surface area contributed by atoms with Gasteiger partial charge in [0.2, 0.25) is 0 Å². The largest absolute Gasteiger partial charge is 0.478 e. The first-order valence-corrected chi connectivity index (χ1v) is 5.29. The van der Waals surface area contributed by atoms with Crippen LogP contribution in [0.3, 0.4) is 0 Å². The zero-order valence-corrected chi connectivity index (χ0v) is 8.75. The van der Waals surface area contributed by atoms with Gasteiger partial charge in [-0.05, 0) is 25.8 Å². The molecule has 3 heteroatoms. The predicted molar refractivity (Wildman–Crippen MR) is 56.2 cm³/mol. The monoisotopic (exact) mass is 197 g/mol. The highest BCUT2D eigenvalue weighted by Crippen LogP contribution is 2.28. The predicted octanol–water partition coefficient (Wildman–Crippen LogP) is 1.80. The molecule has 0 saturated heterocycles. The lowest BCUT2D eigenvalue weighted by molar-refractivity contribution is -0.131. The fourth-order valence-electron chi connectivity index (χ4n) is 1.64. The molecule has 0 spiro atoms. The number of carboxylic acid groups (broad SMARTS) is 1. The number of carbonyl (C=O) groups is 1. The molecular formula is C11H19NO2. The van der Waals surface area contributed by atoms with Crippen molar-refractivity contribution >= 4 is 5.97 Å². The van der Waals surface area contributed by atoms with Crippen LogP contribution in [0.25, 0.3) is 0 Å². The molecule has 1 saturated carbocycles. The standard InChI is InChI=1S/C11H19NO2/c1-9(7-11(13)14)8-12-6-5-10-3-2-4-10/h7,10,12H,2-6,8H2,1H3,(H,13,14). The number of carboxylic acids is 1. The molecule has 0 amide bonds. The van der Waals surface area contributed by atoms with Gasteiger partial charge in [0.1, 0.15) is 0 Å². The highest BCUT2D eigenvalue weighted by molar-refractivity contribution is 5.80. The minimum absolute atomic E-state index is 0.693. The maximum absolute atomic E-state index is 10.3. The van der Waals surface area contributed by atoms with Gasteiger partial charge in [0.05, 0.1) is 0 Å². The maximum Gasteiger partial charge on any atom is 0.328 e. The van der Waals surface area contributed by atoms with E-state index in [4.69, 9.17) is 5.11 Å². The average Bonchev–Trinajstić information content (AvgIpc) is 1.99. The van der Waals surface area contributed by atoms with Crippen molar-refractivity contribution < 1.29 is 9.90 Å². The van der Waals surface area contributed by atoms with E-state index in [1.54, 1.807) is 0 Å². The Bertz CT molecular complexity index is 219. The summed E-state index contributed by atoms with van der Waals surface area (Å²) in [6, 6.07) is 0. The average molecular weight is 197 g/mol. The molecule has 0 atom stereocenters. The number of aliphatic carboxylic acids is 1. The number of hydrogen-bond acceptors (Lipinski definition) is 2. The van der Waals surface area contributed by atoms with Crippen molar-refractivity contribution in [3.8, 4) is 0 Å². The molecule has 0 unspecified atom stereocenters. The molecule has 80 valence electrons. The van der Waals surface area contributed by atoms with E-state index >= 15 is 0 Å². The molecule has 0 aromatic carbocycles. The summed E-state index contributed by atoms with van der Waals surface area (Å²) in [5.74, 6) is 0.0644. The van der Waals surface area contributed by atoms with Gasteiger partial charge in [0.25, 0.3) is 0 Å². The molecule has 14 heavy (non-hydrogen) atoms. The van der Waals surface area contributed by atoms with Crippen LogP contribution in [0.5, 0.6) is 0 Å². The summed E-state index contributed by atoms with van der Waals surface area (Å²) in [4.78, 5) is 10.3. The van der Waals surface area contributed by atoms with Crippen LogP contribution >= 0.6 is 0 Å². The zero-order chi connectivity index (χ0) is 10.4. The number of rotatable bonds is 6. The van der Waals surface area contributed by atoms with Crippen LogP contribution in [0, 0.1) is 5.92 Å². The second-order valence-corrected chi connectivity index (χ2v) is 4.09. The first-order valence-electron chi connectivity index (χ1n) is 5.29. The molecule has 0 aliphatic heterocycles. The smallest absolute Gasteiger partial charge is 0.328 e. The van der Waals surface area contributed by atoms with Crippen LogP contribution in [0.2, 0.25) is 0 Å². The molecule has 2 N–H and O–H groups in total.